The molecule has 1 aliphatic carbocycles. The molecule has 3 N–H and O–H groups in total. The highest BCUT2D eigenvalue weighted by atomic mass is 16.3. The van der Waals surface area contributed by atoms with E-state index in [0.717, 1.165) is 24.8 Å². The van der Waals surface area contributed by atoms with Crippen molar-refractivity contribution in [3.8, 4) is 0 Å². The first-order valence-corrected chi connectivity index (χ1v) is 10.8. The Morgan fingerprint density at radius 2 is 1.90 bits per heavy atom. The Hall–Kier alpha value is -2.34. The van der Waals surface area contributed by atoms with E-state index >= 15 is 0 Å². The average molecular weight is 400 g/mol. The van der Waals surface area contributed by atoms with Gasteiger partial charge in [-0.2, -0.15) is 0 Å². The molecular formula is C23H33N3O3. The van der Waals surface area contributed by atoms with E-state index in [0.29, 0.717) is 19.5 Å². The van der Waals surface area contributed by atoms with Gasteiger partial charge in [-0.1, -0.05) is 44.2 Å². The van der Waals surface area contributed by atoms with Gasteiger partial charge in [-0.25, -0.2) is 4.79 Å². The van der Waals surface area contributed by atoms with Crippen molar-refractivity contribution in [2.45, 2.75) is 64.0 Å². The predicted molar refractivity (Wildman–Crippen MR) is 115 cm³/mol. The Balaban J connectivity index is 1.75. The molecule has 29 heavy (non-hydrogen) atoms. The number of allylic oxidation sites excluding steroid dienone is 2. The van der Waals surface area contributed by atoms with Gasteiger partial charge in [-0.05, 0) is 42.4 Å². The minimum absolute atomic E-state index is 0.00795. The summed E-state index contributed by atoms with van der Waals surface area (Å²) in [6.45, 7) is 4.74. The Morgan fingerprint density at radius 3 is 2.48 bits per heavy atom. The summed E-state index contributed by atoms with van der Waals surface area (Å²) in [5, 5.41) is 15.7. The van der Waals surface area contributed by atoms with Gasteiger partial charge in [0, 0.05) is 25.4 Å². The third-order valence-corrected chi connectivity index (χ3v) is 6.04. The molecule has 3 atom stereocenters. The van der Waals surface area contributed by atoms with Crippen LogP contribution >= 0.6 is 0 Å². The van der Waals surface area contributed by atoms with Crippen molar-refractivity contribution in [1.82, 2.24) is 15.5 Å². The van der Waals surface area contributed by atoms with Crippen molar-refractivity contribution >= 4 is 17.5 Å². The quantitative estimate of drug-likeness (QED) is 0.628. The van der Waals surface area contributed by atoms with E-state index in [2.05, 4.69) is 41.0 Å². The fourth-order valence-corrected chi connectivity index (χ4v) is 4.52. The van der Waals surface area contributed by atoms with Crippen LogP contribution in [0, 0.1) is 0 Å². The lowest BCUT2D eigenvalue weighted by molar-refractivity contribution is -0.149. The summed E-state index contributed by atoms with van der Waals surface area (Å²) < 4.78 is 0. The molecule has 3 rings (SSSR count). The third-order valence-electron chi connectivity index (χ3n) is 6.04. The van der Waals surface area contributed by atoms with Gasteiger partial charge < -0.3 is 20.6 Å². The molecule has 0 bridgehead atoms. The zero-order valence-electron chi connectivity index (χ0n) is 17.5. The molecule has 1 aromatic carbocycles. The van der Waals surface area contributed by atoms with E-state index in [1.807, 2.05) is 13.8 Å². The van der Waals surface area contributed by atoms with Crippen LogP contribution in [-0.2, 0) is 4.79 Å². The molecule has 6 nitrogen and oxygen atoms in total. The van der Waals surface area contributed by atoms with Crippen LogP contribution in [0.3, 0.4) is 0 Å². The van der Waals surface area contributed by atoms with Crippen molar-refractivity contribution in [1.29, 1.82) is 0 Å². The topological polar surface area (TPSA) is 81.7 Å². The largest absolute Gasteiger partial charge is 0.394 e. The molecule has 0 unspecified atom stereocenters. The number of urea groups is 1. The number of nitrogens with zero attached hydrogens (tertiary/aromatic N) is 1. The highest BCUT2D eigenvalue weighted by molar-refractivity contribution is 5.79. The second-order valence-electron chi connectivity index (χ2n) is 7.88. The third kappa shape index (κ3) is 4.64. The van der Waals surface area contributed by atoms with Crippen LogP contribution < -0.4 is 10.6 Å². The van der Waals surface area contributed by atoms with Crippen molar-refractivity contribution in [3.63, 3.8) is 0 Å². The van der Waals surface area contributed by atoms with Crippen LogP contribution in [0.15, 0.2) is 30.3 Å². The van der Waals surface area contributed by atoms with Crippen LogP contribution in [0.5, 0.6) is 0 Å². The molecule has 1 fully saturated rings. The van der Waals surface area contributed by atoms with Gasteiger partial charge in [0.2, 0.25) is 5.91 Å². The Kier molecular flexibility index (Phi) is 7.31. The number of nitrogens with one attached hydrogen (secondary N) is 2. The van der Waals surface area contributed by atoms with E-state index < -0.39 is 0 Å². The Bertz CT molecular complexity index is 744. The Labute approximate surface area is 173 Å². The van der Waals surface area contributed by atoms with Crippen molar-refractivity contribution in [3.05, 3.63) is 41.5 Å². The normalized spacial score (nSPS) is 23.3. The number of carbonyl (C=O) groups excluding carboxylic acids is 2. The zero-order chi connectivity index (χ0) is 20.8. The Morgan fingerprint density at radius 1 is 1.14 bits per heavy atom. The molecule has 6 heteroatoms. The van der Waals surface area contributed by atoms with Gasteiger partial charge in [0.25, 0.3) is 0 Å². The lowest BCUT2D eigenvalue weighted by Crippen LogP contribution is -2.68. The fraction of sp³-hybridized carbons (Fsp3) is 0.565. The van der Waals surface area contributed by atoms with Crippen LogP contribution in [-0.4, -0.2) is 53.7 Å². The van der Waals surface area contributed by atoms with E-state index in [9.17, 15) is 14.7 Å². The molecule has 0 spiro atoms. The van der Waals surface area contributed by atoms with E-state index in [-0.39, 0.29) is 36.5 Å². The lowest BCUT2D eigenvalue weighted by atomic mass is 9.74. The summed E-state index contributed by atoms with van der Waals surface area (Å²) in [7, 11) is 0. The van der Waals surface area contributed by atoms with Crippen molar-refractivity contribution < 1.29 is 14.7 Å². The summed E-state index contributed by atoms with van der Waals surface area (Å²) >= 11 is 0. The summed E-state index contributed by atoms with van der Waals surface area (Å²) in [4.78, 5) is 26.2. The zero-order valence-corrected chi connectivity index (χ0v) is 17.5. The monoisotopic (exact) mass is 399 g/mol. The van der Waals surface area contributed by atoms with Gasteiger partial charge >= 0.3 is 6.03 Å². The van der Waals surface area contributed by atoms with E-state index in [4.69, 9.17) is 0 Å². The molecule has 1 aliphatic heterocycles. The first-order chi connectivity index (χ1) is 14.1. The van der Waals surface area contributed by atoms with Crippen LogP contribution in [0.1, 0.15) is 63.0 Å². The number of amides is 3. The van der Waals surface area contributed by atoms with Crippen molar-refractivity contribution in [2.75, 3.05) is 19.7 Å². The minimum atomic E-state index is -0.246. The van der Waals surface area contributed by atoms with Gasteiger partial charge in [-0.3, -0.25) is 4.79 Å². The summed E-state index contributed by atoms with van der Waals surface area (Å²) in [6.07, 6.45) is 7.05. The van der Waals surface area contributed by atoms with Gasteiger partial charge in [-0.15, -0.1) is 0 Å². The van der Waals surface area contributed by atoms with Gasteiger partial charge in [0.05, 0.1) is 18.7 Å². The first kappa shape index (κ1) is 21.4. The van der Waals surface area contributed by atoms with Gasteiger partial charge in [0.1, 0.15) is 0 Å². The maximum Gasteiger partial charge on any atom is 0.314 e. The lowest BCUT2D eigenvalue weighted by Gasteiger charge is -2.55. The highest BCUT2D eigenvalue weighted by Gasteiger charge is 2.50. The molecule has 158 valence electrons. The number of benzene rings is 1. The number of hydrogen-bond acceptors (Lipinski definition) is 3. The number of likely N-dealkylation sites (tertiary alicyclic amines) is 1. The molecular weight excluding hydrogens is 366 g/mol. The first-order valence-electron chi connectivity index (χ1n) is 10.8. The molecule has 3 amide bonds. The predicted octanol–water partition coefficient (Wildman–Crippen LogP) is 3.03. The second-order valence-corrected chi connectivity index (χ2v) is 7.88. The average Bonchev–Trinajstić information content (AvgIpc) is 3.26. The summed E-state index contributed by atoms with van der Waals surface area (Å²) in [5.41, 5.74) is 3.76. The van der Waals surface area contributed by atoms with Crippen LogP contribution in [0.25, 0.3) is 5.57 Å². The molecule has 0 aromatic heterocycles. The van der Waals surface area contributed by atoms with E-state index in [1.54, 1.807) is 4.90 Å². The fourth-order valence-electron chi connectivity index (χ4n) is 4.52. The SMILES string of the molecule is CCCNC(=O)NC[C@@H]1[C@H](c2ccc(C3=CCCC3)cc2)[C@@H](CO)N1C(=O)CC. The molecule has 1 heterocycles. The number of hydrogen-bond donors (Lipinski definition) is 3. The summed E-state index contributed by atoms with van der Waals surface area (Å²) in [5.74, 6) is 0.0161. The second kappa shape index (κ2) is 9.92. The molecule has 0 radical (unpaired) electrons. The van der Waals surface area contributed by atoms with Crippen LogP contribution in [0.2, 0.25) is 0 Å². The molecule has 2 aliphatic rings. The smallest absolute Gasteiger partial charge is 0.314 e. The number of rotatable bonds is 8. The number of aliphatic hydroxyl groups excluding tert-OH is 1. The number of aliphatic hydroxyl groups is 1. The molecule has 1 saturated heterocycles. The van der Waals surface area contributed by atoms with Crippen molar-refractivity contribution in [2.24, 2.45) is 0 Å². The number of carbonyl (C=O) groups is 2. The summed E-state index contributed by atoms with van der Waals surface area (Å²) in [6, 6.07) is 7.89. The standard InChI is InChI=1S/C23H33N3O3/c1-3-13-24-23(29)25-14-19-22(20(15-27)26(19)21(28)4-2)18-11-9-17(10-12-18)16-7-5-6-8-16/h7,9-12,19-20,22,27H,3-6,8,13-15H2,1-2H3,(H2,24,25,29)/t19-,20-,22+/m1/s1. The molecule has 1 aromatic rings. The minimum Gasteiger partial charge on any atom is -0.394 e. The molecule has 0 saturated carbocycles. The van der Waals surface area contributed by atoms with E-state index in [1.165, 1.54) is 17.6 Å². The maximum atomic E-state index is 12.5. The van der Waals surface area contributed by atoms with Crippen LogP contribution in [0.4, 0.5) is 4.79 Å². The maximum absolute atomic E-state index is 12.5. The van der Waals surface area contributed by atoms with Gasteiger partial charge in [0.15, 0.2) is 0 Å². The highest BCUT2D eigenvalue weighted by Crippen LogP contribution is 2.41.